The molecule has 0 aliphatic carbocycles. The molecular formula is C16H23N3O3S. The fraction of sp³-hybridized carbons (Fsp3) is 0.438. The summed E-state index contributed by atoms with van der Waals surface area (Å²) in [5.41, 5.74) is 1.04. The van der Waals surface area contributed by atoms with Crippen LogP contribution in [0.3, 0.4) is 0 Å². The first-order chi connectivity index (χ1) is 10.9. The predicted molar refractivity (Wildman–Crippen MR) is 88.4 cm³/mol. The quantitative estimate of drug-likeness (QED) is 0.766. The summed E-state index contributed by atoms with van der Waals surface area (Å²) in [6, 6.07) is 9.69. The zero-order valence-corrected chi connectivity index (χ0v) is 14.2. The van der Waals surface area contributed by atoms with E-state index in [2.05, 4.69) is 9.82 Å². The number of aliphatic hydroxyl groups is 1. The maximum atomic E-state index is 12.2. The van der Waals surface area contributed by atoms with Crippen molar-refractivity contribution < 1.29 is 13.5 Å². The third-order valence-corrected chi connectivity index (χ3v) is 5.27. The molecule has 0 saturated heterocycles. The Bertz CT molecular complexity index is 713. The molecule has 0 aliphatic rings. The average Bonchev–Trinajstić information content (AvgIpc) is 3.02. The van der Waals surface area contributed by atoms with Gasteiger partial charge in [0.2, 0.25) is 10.0 Å². The lowest BCUT2D eigenvalue weighted by atomic mass is 10.0. The van der Waals surface area contributed by atoms with Gasteiger partial charge in [-0.15, -0.1) is 0 Å². The number of aromatic nitrogens is 2. The predicted octanol–water partition coefficient (Wildman–Crippen LogP) is 1.62. The topological polar surface area (TPSA) is 84.2 Å². The number of hydrogen-bond donors (Lipinski definition) is 2. The van der Waals surface area contributed by atoms with Gasteiger partial charge in [-0.05, 0) is 11.5 Å². The Hall–Kier alpha value is -1.70. The number of sulfonamides is 1. The fourth-order valence-corrected chi connectivity index (χ4v) is 3.10. The summed E-state index contributed by atoms with van der Waals surface area (Å²) in [5.74, 6) is 0.0403. The van der Waals surface area contributed by atoms with E-state index in [0.717, 1.165) is 12.0 Å². The molecule has 1 aromatic heterocycles. The van der Waals surface area contributed by atoms with E-state index in [9.17, 15) is 13.5 Å². The molecule has 2 aromatic rings. The molecule has 6 nitrogen and oxygen atoms in total. The lowest BCUT2D eigenvalue weighted by Crippen LogP contribution is -2.35. The van der Waals surface area contributed by atoms with Gasteiger partial charge in [-0.25, -0.2) is 13.1 Å². The molecular weight excluding hydrogens is 314 g/mol. The zero-order chi connectivity index (χ0) is 16.9. The van der Waals surface area contributed by atoms with Crippen molar-refractivity contribution in [3.05, 3.63) is 48.3 Å². The molecule has 0 amide bonds. The van der Waals surface area contributed by atoms with Crippen LogP contribution in [-0.4, -0.2) is 36.0 Å². The Labute approximate surface area is 137 Å². The highest BCUT2D eigenvalue weighted by Gasteiger charge is 2.20. The van der Waals surface area contributed by atoms with Crippen molar-refractivity contribution in [1.82, 2.24) is 14.5 Å². The summed E-state index contributed by atoms with van der Waals surface area (Å²) < 4.78 is 28.5. The minimum Gasteiger partial charge on any atom is -0.391 e. The highest BCUT2D eigenvalue weighted by atomic mass is 32.2. The molecule has 2 N–H and O–H groups in total. The number of nitrogens with one attached hydrogen (secondary N) is 1. The van der Waals surface area contributed by atoms with Gasteiger partial charge in [-0.2, -0.15) is 5.10 Å². The van der Waals surface area contributed by atoms with E-state index in [1.54, 1.807) is 4.68 Å². The Morgan fingerprint density at radius 1 is 1.30 bits per heavy atom. The standard InChI is InChI=1S/C16H23N3O3S/c1-3-13(2)16(20)10-18-23(21,22)15-9-17-19(12-15)11-14-7-5-4-6-8-14/h4-9,12-13,16,18,20H,3,10-11H2,1-2H3. The van der Waals surface area contributed by atoms with Crippen LogP contribution in [0.5, 0.6) is 0 Å². The molecule has 0 spiro atoms. The van der Waals surface area contributed by atoms with Gasteiger partial charge in [-0.1, -0.05) is 50.6 Å². The van der Waals surface area contributed by atoms with Gasteiger partial charge in [0.05, 0.1) is 18.8 Å². The van der Waals surface area contributed by atoms with Crippen LogP contribution in [0.25, 0.3) is 0 Å². The Balaban J connectivity index is 2.01. The minimum atomic E-state index is -3.66. The van der Waals surface area contributed by atoms with Crippen molar-refractivity contribution >= 4 is 10.0 Å². The lowest BCUT2D eigenvalue weighted by Gasteiger charge is -2.17. The fourth-order valence-electron chi connectivity index (χ4n) is 2.09. The monoisotopic (exact) mass is 337 g/mol. The number of hydrogen-bond acceptors (Lipinski definition) is 4. The van der Waals surface area contributed by atoms with Crippen molar-refractivity contribution in [2.45, 2.75) is 37.8 Å². The molecule has 2 unspecified atom stereocenters. The SMILES string of the molecule is CCC(C)C(O)CNS(=O)(=O)c1cnn(Cc2ccccc2)c1. The summed E-state index contributed by atoms with van der Waals surface area (Å²) in [7, 11) is -3.66. The van der Waals surface area contributed by atoms with Crippen molar-refractivity contribution in [1.29, 1.82) is 0 Å². The van der Waals surface area contributed by atoms with Gasteiger partial charge in [0.15, 0.2) is 0 Å². The van der Waals surface area contributed by atoms with E-state index in [-0.39, 0.29) is 17.4 Å². The molecule has 0 radical (unpaired) electrons. The van der Waals surface area contributed by atoms with E-state index in [0.29, 0.717) is 6.54 Å². The maximum absolute atomic E-state index is 12.2. The first-order valence-corrected chi connectivity index (χ1v) is 9.14. The van der Waals surface area contributed by atoms with Crippen LogP contribution in [0, 0.1) is 5.92 Å². The van der Waals surface area contributed by atoms with Crippen LogP contribution in [-0.2, 0) is 16.6 Å². The van der Waals surface area contributed by atoms with E-state index in [1.807, 2.05) is 44.2 Å². The molecule has 2 rings (SSSR count). The lowest BCUT2D eigenvalue weighted by molar-refractivity contribution is 0.118. The molecule has 0 saturated carbocycles. The number of nitrogens with zero attached hydrogens (tertiary/aromatic N) is 2. The van der Waals surface area contributed by atoms with Gasteiger partial charge >= 0.3 is 0 Å². The molecule has 126 valence electrons. The summed E-state index contributed by atoms with van der Waals surface area (Å²) in [4.78, 5) is 0.102. The van der Waals surface area contributed by atoms with Crippen LogP contribution in [0.15, 0.2) is 47.6 Å². The molecule has 0 bridgehead atoms. The van der Waals surface area contributed by atoms with E-state index in [1.165, 1.54) is 12.4 Å². The largest absolute Gasteiger partial charge is 0.391 e. The third kappa shape index (κ3) is 4.89. The second kappa shape index (κ2) is 7.72. The smallest absolute Gasteiger partial charge is 0.243 e. The van der Waals surface area contributed by atoms with E-state index >= 15 is 0 Å². The number of rotatable bonds is 8. The second-order valence-corrected chi connectivity index (χ2v) is 7.43. The Morgan fingerprint density at radius 2 is 2.00 bits per heavy atom. The average molecular weight is 337 g/mol. The molecule has 0 aliphatic heterocycles. The van der Waals surface area contributed by atoms with E-state index in [4.69, 9.17) is 0 Å². The van der Waals surface area contributed by atoms with Gasteiger partial charge in [0.1, 0.15) is 4.90 Å². The Kier molecular flexibility index (Phi) is 5.92. The van der Waals surface area contributed by atoms with Crippen molar-refractivity contribution in [3.8, 4) is 0 Å². The molecule has 23 heavy (non-hydrogen) atoms. The van der Waals surface area contributed by atoms with Crippen molar-refractivity contribution in [2.24, 2.45) is 5.92 Å². The Morgan fingerprint density at radius 3 is 2.65 bits per heavy atom. The van der Waals surface area contributed by atoms with Crippen LogP contribution in [0.1, 0.15) is 25.8 Å². The van der Waals surface area contributed by atoms with Crippen LogP contribution in [0.2, 0.25) is 0 Å². The summed E-state index contributed by atoms with van der Waals surface area (Å²) >= 11 is 0. The third-order valence-electron chi connectivity index (χ3n) is 3.89. The molecule has 7 heteroatoms. The van der Waals surface area contributed by atoms with Gasteiger partial charge in [0.25, 0.3) is 0 Å². The minimum absolute atomic E-state index is 0.00120. The molecule has 1 heterocycles. The summed E-state index contributed by atoms with van der Waals surface area (Å²) in [5, 5.41) is 14.0. The zero-order valence-electron chi connectivity index (χ0n) is 13.4. The second-order valence-electron chi connectivity index (χ2n) is 5.66. The first-order valence-electron chi connectivity index (χ1n) is 7.66. The van der Waals surface area contributed by atoms with Crippen LogP contribution < -0.4 is 4.72 Å². The normalized spacial score (nSPS) is 14.6. The van der Waals surface area contributed by atoms with Gasteiger partial charge in [-0.3, -0.25) is 4.68 Å². The van der Waals surface area contributed by atoms with Gasteiger partial charge in [0, 0.05) is 12.7 Å². The maximum Gasteiger partial charge on any atom is 0.243 e. The summed E-state index contributed by atoms with van der Waals surface area (Å²) in [6.45, 7) is 4.35. The van der Waals surface area contributed by atoms with Crippen molar-refractivity contribution in [2.75, 3.05) is 6.54 Å². The first kappa shape index (κ1) is 17.7. The highest BCUT2D eigenvalue weighted by molar-refractivity contribution is 7.89. The van der Waals surface area contributed by atoms with Crippen molar-refractivity contribution in [3.63, 3.8) is 0 Å². The van der Waals surface area contributed by atoms with E-state index < -0.39 is 16.1 Å². The van der Waals surface area contributed by atoms with Gasteiger partial charge < -0.3 is 5.11 Å². The highest BCUT2D eigenvalue weighted by Crippen LogP contribution is 2.11. The molecule has 2 atom stereocenters. The molecule has 1 aromatic carbocycles. The van der Waals surface area contributed by atoms with Crippen LogP contribution in [0.4, 0.5) is 0 Å². The van der Waals surface area contributed by atoms with Crippen LogP contribution >= 0.6 is 0 Å². The number of aliphatic hydroxyl groups excluding tert-OH is 1. The summed E-state index contributed by atoms with van der Waals surface area (Å²) in [6.07, 6.45) is 2.90. The number of benzene rings is 1. The molecule has 0 fully saturated rings.